The molecule has 0 amide bonds. The largest absolute Gasteiger partial charge is 0.307 e. The highest BCUT2D eigenvalue weighted by Gasteiger charge is 2.09. The summed E-state index contributed by atoms with van der Waals surface area (Å²) in [7, 11) is 0. The van der Waals surface area contributed by atoms with Gasteiger partial charge in [0, 0.05) is 18.0 Å². The highest BCUT2D eigenvalue weighted by Crippen LogP contribution is 2.27. The molecule has 3 N–H and O–H groups in total. The number of nitrogens with one attached hydrogen (secondary N) is 1. The Hall–Kier alpha value is -1.94. The van der Waals surface area contributed by atoms with E-state index in [4.69, 9.17) is 5.84 Å². The minimum Gasteiger partial charge on any atom is -0.307 e. The number of benzene rings is 1. The molecule has 0 atom stereocenters. The van der Waals surface area contributed by atoms with Crippen LogP contribution in [-0.2, 0) is 0 Å². The maximum absolute atomic E-state index is 5.42. The summed E-state index contributed by atoms with van der Waals surface area (Å²) in [6, 6.07) is 6.10. The molecule has 0 aliphatic carbocycles. The molecule has 4 nitrogen and oxygen atoms in total. The molecule has 2 rings (SSSR count). The van der Waals surface area contributed by atoms with E-state index in [1.165, 1.54) is 11.1 Å². The topological polar surface area (TPSA) is 63.8 Å². The molecule has 1 heterocycles. The fraction of sp³-hybridized carbons (Fsp3) is 0.167. The Kier molecular flexibility index (Phi) is 2.83. The van der Waals surface area contributed by atoms with E-state index < -0.39 is 0 Å². The molecule has 0 unspecified atom stereocenters. The lowest BCUT2D eigenvalue weighted by Crippen LogP contribution is -2.10. The first-order valence-electron chi connectivity index (χ1n) is 5.08. The van der Waals surface area contributed by atoms with E-state index in [1.807, 2.05) is 12.1 Å². The molecule has 0 spiro atoms. The van der Waals surface area contributed by atoms with Crippen molar-refractivity contribution >= 4 is 5.82 Å². The SMILES string of the molecule is Cc1cccc(-c2nccnc2NN)c1C. The van der Waals surface area contributed by atoms with Gasteiger partial charge in [0.1, 0.15) is 5.69 Å². The Morgan fingerprint density at radius 3 is 2.62 bits per heavy atom. The van der Waals surface area contributed by atoms with Crippen molar-refractivity contribution in [1.29, 1.82) is 0 Å². The summed E-state index contributed by atoms with van der Waals surface area (Å²) >= 11 is 0. The molecule has 0 aliphatic rings. The molecule has 82 valence electrons. The highest BCUT2D eigenvalue weighted by molar-refractivity contribution is 5.74. The average molecular weight is 214 g/mol. The van der Waals surface area contributed by atoms with Crippen LogP contribution in [0.15, 0.2) is 30.6 Å². The van der Waals surface area contributed by atoms with Crippen LogP contribution in [0.25, 0.3) is 11.3 Å². The number of nitrogen functional groups attached to an aromatic ring is 1. The summed E-state index contributed by atoms with van der Waals surface area (Å²) in [5, 5.41) is 0. The second-order valence-electron chi connectivity index (χ2n) is 3.65. The summed E-state index contributed by atoms with van der Waals surface area (Å²) in [5.74, 6) is 6.02. The summed E-state index contributed by atoms with van der Waals surface area (Å²) in [6.07, 6.45) is 3.28. The predicted molar refractivity (Wildman–Crippen MR) is 64.8 cm³/mol. The average Bonchev–Trinajstić information content (AvgIpc) is 2.33. The molecule has 0 saturated heterocycles. The van der Waals surface area contributed by atoms with Gasteiger partial charge in [-0.25, -0.2) is 10.8 Å². The first-order chi connectivity index (χ1) is 7.74. The zero-order chi connectivity index (χ0) is 11.5. The number of hydrogen-bond acceptors (Lipinski definition) is 4. The van der Waals surface area contributed by atoms with Crippen LogP contribution in [-0.4, -0.2) is 9.97 Å². The predicted octanol–water partition coefficient (Wildman–Crippen LogP) is 2.05. The minimum atomic E-state index is 0.594. The lowest BCUT2D eigenvalue weighted by Gasteiger charge is -2.10. The van der Waals surface area contributed by atoms with Crippen molar-refractivity contribution < 1.29 is 0 Å². The first-order valence-corrected chi connectivity index (χ1v) is 5.08. The Morgan fingerprint density at radius 2 is 1.88 bits per heavy atom. The van der Waals surface area contributed by atoms with E-state index in [0.29, 0.717) is 5.82 Å². The fourth-order valence-electron chi connectivity index (χ4n) is 1.65. The van der Waals surface area contributed by atoms with Crippen LogP contribution in [0, 0.1) is 13.8 Å². The second-order valence-corrected chi connectivity index (χ2v) is 3.65. The van der Waals surface area contributed by atoms with Gasteiger partial charge in [0.25, 0.3) is 0 Å². The third kappa shape index (κ3) is 1.75. The van der Waals surface area contributed by atoms with Crippen LogP contribution in [0.1, 0.15) is 11.1 Å². The van der Waals surface area contributed by atoms with Crippen molar-refractivity contribution in [2.75, 3.05) is 5.43 Å². The van der Waals surface area contributed by atoms with E-state index in [-0.39, 0.29) is 0 Å². The van der Waals surface area contributed by atoms with Gasteiger partial charge in [-0.15, -0.1) is 0 Å². The summed E-state index contributed by atoms with van der Waals surface area (Å²) in [6.45, 7) is 4.14. The maximum Gasteiger partial charge on any atom is 0.166 e. The van der Waals surface area contributed by atoms with Crippen molar-refractivity contribution in [3.8, 4) is 11.3 Å². The van der Waals surface area contributed by atoms with Gasteiger partial charge in [-0.2, -0.15) is 0 Å². The monoisotopic (exact) mass is 214 g/mol. The van der Waals surface area contributed by atoms with Crippen molar-refractivity contribution in [1.82, 2.24) is 9.97 Å². The second kappa shape index (κ2) is 4.28. The highest BCUT2D eigenvalue weighted by atomic mass is 15.3. The molecule has 0 saturated carbocycles. The minimum absolute atomic E-state index is 0.594. The quantitative estimate of drug-likeness (QED) is 0.593. The number of anilines is 1. The first kappa shape index (κ1) is 10.6. The van der Waals surface area contributed by atoms with E-state index >= 15 is 0 Å². The van der Waals surface area contributed by atoms with E-state index in [9.17, 15) is 0 Å². The lowest BCUT2D eigenvalue weighted by molar-refractivity contribution is 1.15. The molecule has 0 fully saturated rings. The Morgan fingerprint density at radius 1 is 1.12 bits per heavy atom. The normalized spacial score (nSPS) is 10.2. The number of aryl methyl sites for hydroxylation is 1. The van der Waals surface area contributed by atoms with E-state index in [1.54, 1.807) is 12.4 Å². The lowest BCUT2D eigenvalue weighted by atomic mass is 10.0. The molecule has 1 aromatic heterocycles. The fourth-order valence-corrected chi connectivity index (χ4v) is 1.65. The van der Waals surface area contributed by atoms with Crippen LogP contribution in [0.2, 0.25) is 0 Å². The number of aromatic nitrogens is 2. The van der Waals surface area contributed by atoms with Crippen LogP contribution < -0.4 is 11.3 Å². The molecule has 4 heteroatoms. The van der Waals surface area contributed by atoms with Gasteiger partial charge in [0.15, 0.2) is 5.82 Å². The molecule has 0 radical (unpaired) electrons. The molecule has 2 aromatic rings. The Labute approximate surface area is 94.5 Å². The molecule has 0 aliphatic heterocycles. The Balaban J connectivity index is 2.63. The summed E-state index contributed by atoms with van der Waals surface area (Å²) in [4.78, 5) is 8.46. The number of rotatable bonds is 2. The number of hydrazine groups is 1. The van der Waals surface area contributed by atoms with Crippen molar-refractivity contribution in [2.45, 2.75) is 13.8 Å². The summed E-state index contributed by atoms with van der Waals surface area (Å²) in [5.41, 5.74) is 6.83. The van der Waals surface area contributed by atoms with Gasteiger partial charge in [0.05, 0.1) is 0 Å². The molecule has 1 aromatic carbocycles. The van der Waals surface area contributed by atoms with Gasteiger partial charge in [-0.1, -0.05) is 18.2 Å². The number of hydrogen-bond donors (Lipinski definition) is 2. The standard InChI is InChI=1S/C12H14N4/c1-8-4-3-5-10(9(8)2)11-12(16-13)15-7-6-14-11/h3-7H,13H2,1-2H3,(H,15,16). The van der Waals surface area contributed by atoms with E-state index in [0.717, 1.165) is 11.3 Å². The zero-order valence-corrected chi connectivity index (χ0v) is 9.36. The van der Waals surface area contributed by atoms with Crippen LogP contribution in [0.4, 0.5) is 5.82 Å². The van der Waals surface area contributed by atoms with Gasteiger partial charge < -0.3 is 5.43 Å². The maximum atomic E-state index is 5.42. The molecule has 0 bridgehead atoms. The van der Waals surface area contributed by atoms with Crippen molar-refractivity contribution in [2.24, 2.45) is 5.84 Å². The van der Waals surface area contributed by atoms with Crippen LogP contribution in [0.5, 0.6) is 0 Å². The third-order valence-corrected chi connectivity index (χ3v) is 2.69. The van der Waals surface area contributed by atoms with Gasteiger partial charge in [0.2, 0.25) is 0 Å². The zero-order valence-electron chi connectivity index (χ0n) is 9.36. The van der Waals surface area contributed by atoms with Crippen molar-refractivity contribution in [3.05, 3.63) is 41.7 Å². The van der Waals surface area contributed by atoms with Crippen molar-refractivity contribution in [3.63, 3.8) is 0 Å². The van der Waals surface area contributed by atoms with Gasteiger partial charge in [-0.3, -0.25) is 4.98 Å². The molecule has 16 heavy (non-hydrogen) atoms. The van der Waals surface area contributed by atoms with Crippen LogP contribution >= 0.6 is 0 Å². The third-order valence-electron chi connectivity index (χ3n) is 2.69. The Bertz CT molecular complexity index is 508. The molecular formula is C12H14N4. The van der Waals surface area contributed by atoms with Crippen LogP contribution in [0.3, 0.4) is 0 Å². The van der Waals surface area contributed by atoms with Gasteiger partial charge in [-0.05, 0) is 25.0 Å². The number of nitrogens with zero attached hydrogens (tertiary/aromatic N) is 2. The number of nitrogens with two attached hydrogens (primary N) is 1. The van der Waals surface area contributed by atoms with E-state index in [2.05, 4.69) is 35.3 Å². The summed E-state index contributed by atoms with van der Waals surface area (Å²) < 4.78 is 0. The molecular weight excluding hydrogens is 200 g/mol. The van der Waals surface area contributed by atoms with Gasteiger partial charge >= 0.3 is 0 Å². The smallest absolute Gasteiger partial charge is 0.166 e.